The molecule has 26 heavy (non-hydrogen) atoms. The molecule has 1 aliphatic heterocycles. The largest absolute Gasteiger partial charge is 0.462 e. The van der Waals surface area contributed by atoms with Crippen LogP contribution in [0.25, 0.3) is 0 Å². The Labute approximate surface area is 155 Å². The highest BCUT2D eigenvalue weighted by Crippen LogP contribution is 2.36. The summed E-state index contributed by atoms with van der Waals surface area (Å²) in [6, 6.07) is 7.25. The molecule has 6 nitrogen and oxygen atoms in total. The summed E-state index contributed by atoms with van der Waals surface area (Å²) in [6.45, 7) is 5.72. The molecule has 2 heterocycles. The van der Waals surface area contributed by atoms with Crippen molar-refractivity contribution in [1.29, 1.82) is 0 Å². The Bertz CT molecular complexity index is 888. The number of nitrogens with one attached hydrogen (secondary N) is 2. The summed E-state index contributed by atoms with van der Waals surface area (Å²) in [5.74, 6) is -1.56. The summed E-state index contributed by atoms with van der Waals surface area (Å²) in [5.41, 5.74) is 2.60. The summed E-state index contributed by atoms with van der Waals surface area (Å²) < 4.78 is 5.12. The zero-order valence-electron chi connectivity index (χ0n) is 14.8. The van der Waals surface area contributed by atoms with E-state index in [0.717, 1.165) is 16.0 Å². The highest BCUT2D eigenvalue weighted by molar-refractivity contribution is 7.16. The predicted octanol–water partition coefficient (Wildman–Crippen LogP) is 3.61. The Balaban J connectivity index is 1.91. The van der Waals surface area contributed by atoms with Crippen LogP contribution in [0, 0.1) is 13.8 Å². The first-order valence-corrected chi connectivity index (χ1v) is 9.20. The second-order valence-corrected chi connectivity index (χ2v) is 7.31. The minimum Gasteiger partial charge on any atom is -0.462 e. The zero-order valence-corrected chi connectivity index (χ0v) is 15.7. The number of esters is 1. The minimum absolute atomic E-state index is 0.0704. The number of hydrogen-bond donors (Lipinski definition) is 2. The van der Waals surface area contributed by atoms with E-state index in [4.69, 9.17) is 4.74 Å². The van der Waals surface area contributed by atoms with Crippen LogP contribution in [0.4, 0.5) is 10.7 Å². The number of anilines is 2. The average Bonchev–Trinajstić information content (AvgIpc) is 2.88. The molecule has 2 N–H and O–H groups in total. The third-order valence-electron chi connectivity index (χ3n) is 4.42. The van der Waals surface area contributed by atoms with Crippen molar-refractivity contribution in [3.8, 4) is 0 Å². The topological polar surface area (TPSA) is 84.5 Å². The molecule has 0 fully saturated rings. The van der Waals surface area contributed by atoms with Crippen molar-refractivity contribution in [3.05, 3.63) is 45.8 Å². The SMILES string of the molecule is CCOC(=O)c1c(NC(=O)[C@@H]2CC(=O)Nc3ccccc32)sc(C)c1C. The van der Waals surface area contributed by atoms with Crippen LogP contribution in [0.2, 0.25) is 0 Å². The van der Waals surface area contributed by atoms with Gasteiger partial charge < -0.3 is 15.4 Å². The van der Waals surface area contributed by atoms with Crippen LogP contribution in [0.5, 0.6) is 0 Å². The molecule has 1 aromatic heterocycles. The average molecular weight is 372 g/mol. The van der Waals surface area contributed by atoms with Gasteiger partial charge in [-0.2, -0.15) is 0 Å². The molecule has 0 saturated heterocycles. The van der Waals surface area contributed by atoms with Gasteiger partial charge >= 0.3 is 5.97 Å². The lowest BCUT2D eigenvalue weighted by Gasteiger charge is -2.24. The second kappa shape index (κ2) is 7.29. The lowest BCUT2D eigenvalue weighted by Crippen LogP contribution is -2.30. The lowest BCUT2D eigenvalue weighted by atomic mass is 9.90. The van der Waals surface area contributed by atoms with Gasteiger partial charge in [0.1, 0.15) is 5.00 Å². The number of hydrogen-bond acceptors (Lipinski definition) is 5. The molecular formula is C19H20N2O4S. The van der Waals surface area contributed by atoms with E-state index in [2.05, 4.69) is 10.6 Å². The highest BCUT2D eigenvalue weighted by atomic mass is 32.1. The van der Waals surface area contributed by atoms with Crippen molar-refractivity contribution < 1.29 is 19.1 Å². The van der Waals surface area contributed by atoms with E-state index >= 15 is 0 Å². The standard InChI is InChI=1S/C19H20N2O4S/c1-4-25-19(24)16-10(2)11(3)26-18(16)21-17(23)13-9-15(22)20-14-8-6-5-7-12(13)14/h5-8,13H,4,9H2,1-3H3,(H,20,22)(H,21,23)/t13-/m1/s1. The molecule has 0 aliphatic carbocycles. The first-order chi connectivity index (χ1) is 12.4. The summed E-state index contributed by atoms with van der Waals surface area (Å²) in [6.07, 6.45) is 0.0704. The van der Waals surface area contributed by atoms with E-state index in [0.29, 0.717) is 16.3 Å². The van der Waals surface area contributed by atoms with Gasteiger partial charge in [0, 0.05) is 17.0 Å². The molecule has 3 rings (SSSR count). The number of ether oxygens (including phenoxy) is 1. The van der Waals surface area contributed by atoms with E-state index in [1.807, 2.05) is 32.0 Å². The van der Waals surface area contributed by atoms with E-state index in [-0.39, 0.29) is 24.8 Å². The fourth-order valence-corrected chi connectivity index (χ4v) is 4.06. The van der Waals surface area contributed by atoms with Gasteiger partial charge in [-0.25, -0.2) is 4.79 Å². The van der Waals surface area contributed by atoms with Crippen LogP contribution in [0.1, 0.15) is 45.6 Å². The maximum atomic E-state index is 12.9. The summed E-state index contributed by atoms with van der Waals surface area (Å²) >= 11 is 1.34. The van der Waals surface area contributed by atoms with Gasteiger partial charge in [-0.15, -0.1) is 11.3 Å². The van der Waals surface area contributed by atoms with Gasteiger partial charge in [-0.3, -0.25) is 9.59 Å². The molecular weight excluding hydrogens is 352 g/mol. The van der Waals surface area contributed by atoms with Crippen molar-refractivity contribution in [3.63, 3.8) is 0 Å². The normalized spacial score (nSPS) is 15.8. The van der Waals surface area contributed by atoms with Gasteiger partial charge in [0.25, 0.3) is 0 Å². The fraction of sp³-hybridized carbons (Fsp3) is 0.316. The molecule has 0 spiro atoms. The Morgan fingerprint density at radius 3 is 2.77 bits per heavy atom. The predicted molar refractivity (Wildman–Crippen MR) is 101 cm³/mol. The summed E-state index contributed by atoms with van der Waals surface area (Å²) in [7, 11) is 0. The first kappa shape index (κ1) is 18.1. The Morgan fingerprint density at radius 2 is 2.04 bits per heavy atom. The number of amides is 2. The molecule has 1 aromatic carbocycles. The van der Waals surface area contributed by atoms with Crippen molar-refractivity contribution >= 4 is 39.8 Å². The number of carbonyl (C=O) groups excluding carboxylic acids is 3. The van der Waals surface area contributed by atoms with Crippen LogP contribution in [-0.4, -0.2) is 24.4 Å². The van der Waals surface area contributed by atoms with Gasteiger partial charge in [0.05, 0.1) is 18.1 Å². The van der Waals surface area contributed by atoms with Crippen LogP contribution in [0.15, 0.2) is 24.3 Å². The maximum Gasteiger partial charge on any atom is 0.341 e. The number of thiophene rings is 1. The van der Waals surface area contributed by atoms with Gasteiger partial charge in [0.15, 0.2) is 0 Å². The first-order valence-electron chi connectivity index (χ1n) is 8.39. The molecule has 7 heteroatoms. The van der Waals surface area contributed by atoms with E-state index < -0.39 is 11.9 Å². The highest BCUT2D eigenvalue weighted by Gasteiger charge is 2.32. The van der Waals surface area contributed by atoms with Crippen molar-refractivity contribution in [2.75, 3.05) is 17.2 Å². The fourth-order valence-electron chi connectivity index (χ4n) is 3.01. The third-order valence-corrected chi connectivity index (χ3v) is 5.54. The molecule has 2 amide bonds. The van der Waals surface area contributed by atoms with Crippen LogP contribution in [-0.2, 0) is 14.3 Å². The summed E-state index contributed by atoms with van der Waals surface area (Å²) in [4.78, 5) is 38.1. The minimum atomic E-state index is -0.599. The number of aryl methyl sites for hydroxylation is 1. The van der Waals surface area contributed by atoms with E-state index in [9.17, 15) is 14.4 Å². The van der Waals surface area contributed by atoms with Crippen LogP contribution in [0.3, 0.4) is 0 Å². The smallest absolute Gasteiger partial charge is 0.341 e. The molecule has 0 radical (unpaired) electrons. The quantitative estimate of drug-likeness (QED) is 0.803. The molecule has 1 atom stereocenters. The Kier molecular flexibility index (Phi) is 5.08. The number of rotatable bonds is 4. The van der Waals surface area contributed by atoms with Gasteiger partial charge in [-0.05, 0) is 38.0 Å². The second-order valence-electron chi connectivity index (χ2n) is 6.09. The molecule has 1 aliphatic rings. The lowest BCUT2D eigenvalue weighted by molar-refractivity contribution is -0.123. The Hall–Kier alpha value is -2.67. The monoisotopic (exact) mass is 372 g/mol. The molecule has 0 saturated carbocycles. The zero-order chi connectivity index (χ0) is 18.8. The maximum absolute atomic E-state index is 12.9. The summed E-state index contributed by atoms with van der Waals surface area (Å²) in [5, 5.41) is 6.08. The van der Waals surface area contributed by atoms with Gasteiger partial charge in [0.2, 0.25) is 11.8 Å². The number of fused-ring (bicyclic) bond motifs is 1. The van der Waals surface area contributed by atoms with Crippen molar-refractivity contribution in [2.45, 2.75) is 33.1 Å². The molecule has 0 bridgehead atoms. The van der Waals surface area contributed by atoms with E-state index in [1.165, 1.54) is 11.3 Å². The number of benzene rings is 1. The van der Waals surface area contributed by atoms with Gasteiger partial charge in [-0.1, -0.05) is 18.2 Å². The van der Waals surface area contributed by atoms with E-state index in [1.54, 1.807) is 13.0 Å². The van der Waals surface area contributed by atoms with Crippen LogP contribution < -0.4 is 10.6 Å². The third kappa shape index (κ3) is 3.35. The number of para-hydroxylation sites is 1. The van der Waals surface area contributed by atoms with Crippen molar-refractivity contribution in [2.24, 2.45) is 0 Å². The Morgan fingerprint density at radius 1 is 1.31 bits per heavy atom. The van der Waals surface area contributed by atoms with Crippen LogP contribution >= 0.6 is 11.3 Å². The molecule has 0 unspecified atom stereocenters. The molecule has 2 aromatic rings. The number of carbonyl (C=O) groups is 3. The molecule has 136 valence electrons. The van der Waals surface area contributed by atoms with Crippen molar-refractivity contribution in [1.82, 2.24) is 0 Å².